The molecule has 1 atom stereocenters. The summed E-state index contributed by atoms with van der Waals surface area (Å²) >= 11 is 1.58. The molecule has 0 saturated carbocycles. The Morgan fingerprint density at radius 3 is 2.88 bits per heavy atom. The number of rotatable bonds is 8. The summed E-state index contributed by atoms with van der Waals surface area (Å²) in [7, 11) is -0.0539. The Morgan fingerprint density at radius 1 is 1.22 bits per heavy atom. The average molecular weight is 472 g/mol. The van der Waals surface area contributed by atoms with Crippen LogP contribution in [0.1, 0.15) is 6.42 Å². The molecule has 0 saturated heterocycles. The third-order valence-corrected chi connectivity index (χ3v) is 6.63. The number of hydrogen-bond donors (Lipinski definition) is 5. The number of nitrogens with two attached hydrogens (primary N) is 2. The molecule has 13 heteroatoms. The lowest BCUT2D eigenvalue weighted by atomic mass is 10.2. The smallest absolute Gasteiger partial charge is 0.141 e. The number of anilines is 2. The number of hydrazone groups is 1. The third-order valence-electron chi connectivity index (χ3n) is 4.63. The van der Waals surface area contributed by atoms with E-state index in [-0.39, 0.29) is 0 Å². The van der Waals surface area contributed by atoms with Crippen molar-refractivity contribution in [2.24, 2.45) is 16.8 Å². The molecule has 4 rings (SSSR count). The monoisotopic (exact) mass is 471 g/mol. The van der Waals surface area contributed by atoms with E-state index in [0.29, 0.717) is 46.2 Å². The lowest BCUT2D eigenvalue weighted by Gasteiger charge is -2.13. The van der Waals surface area contributed by atoms with Crippen LogP contribution < -0.4 is 31.9 Å². The molecule has 32 heavy (non-hydrogen) atoms. The van der Waals surface area contributed by atoms with Crippen LogP contribution in [-0.2, 0) is 11.0 Å². The fourth-order valence-corrected chi connectivity index (χ4v) is 4.71. The number of hydrogen-bond acceptors (Lipinski definition) is 10. The van der Waals surface area contributed by atoms with Gasteiger partial charge in [-0.15, -0.1) is 11.3 Å². The van der Waals surface area contributed by atoms with E-state index in [1.54, 1.807) is 29.0 Å². The topological polar surface area (TPSA) is 165 Å². The van der Waals surface area contributed by atoms with Crippen LogP contribution >= 0.6 is 11.3 Å². The highest BCUT2D eigenvalue weighted by Crippen LogP contribution is 2.32. The minimum absolute atomic E-state index is 0.331. The van der Waals surface area contributed by atoms with Gasteiger partial charge >= 0.3 is 0 Å². The SMILES string of the molecule is COc1cc2ncnc(Nc3ccc4scnc4c3)c2cc1S(=O)NCC/C(=N/N)NN. The van der Waals surface area contributed by atoms with Gasteiger partial charge in [0.1, 0.15) is 34.7 Å². The van der Waals surface area contributed by atoms with Gasteiger partial charge < -0.3 is 21.3 Å². The zero-order valence-corrected chi connectivity index (χ0v) is 18.7. The summed E-state index contributed by atoms with van der Waals surface area (Å²) in [6, 6.07) is 9.39. The van der Waals surface area contributed by atoms with Gasteiger partial charge in [-0.25, -0.2) is 29.7 Å². The average Bonchev–Trinajstić information content (AvgIpc) is 3.29. The third kappa shape index (κ3) is 4.60. The quantitative estimate of drug-likeness (QED) is 0.111. The van der Waals surface area contributed by atoms with E-state index in [4.69, 9.17) is 16.4 Å². The molecule has 0 bridgehead atoms. The summed E-state index contributed by atoms with van der Waals surface area (Å²) in [5.74, 6) is 11.9. The number of aromatic nitrogens is 3. The maximum atomic E-state index is 12.9. The van der Waals surface area contributed by atoms with Crippen LogP contribution in [0.4, 0.5) is 11.5 Å². The molecule has 2 heterocycles. The molecular weight excluding hydrogens is 450 g/mol. The fraction of sp³-hybridized carbons (Fsp3) is 0.158. The molecule has 0 aliphatic heterocycles. The minimum Gasteiger partial charge on any atom is -0.495 e. The summed E-state index contributed by atoms with van der Waals surface area (Å²) in [5, 5.41) is 7.51. The van der Waals surface area contributed by atoms with E-state index in [9.17, 15) is 4.21 Å². The Labute approximate surface area is 189 Å². The fourth-order valence-electron chi connectivity index (χ4n) is 3.05. The second-order valence-corrected chi connectivity index (χ2v) is 8.69. The van der Waals surface area contributed by atoms with E-state index in [1.165, 1.54) is 13.4 Å². The van der Waals surface area contributed by atoms with Gasteiger partial charge in [0, 0.05) is 30.1 Å². The molecule has 1 unspecified atom stereocenters. The van der Waals surface area contributed by atoms with Crippen LogP contribution in [-0.4, -0.2) is 38.7 Å². The second kappa shape index (κ2) is 9.82. The zero-order chi connectivity index (χ0) is 22.5. The molecule has 4 aromatic rings. The minimum atomic E-state index is -1.57. The zero-order valence-electron chi connectivity index (χ0n) is 17.0. The van der Waals surface area contributed by atoms with E-state index in [2.05, 4.69) is 35.5 Å². The number of amidine groups is 1. The van der Waals surface area contributed by atoms with E-state index in [1.807, 2.05) is 18.2 Å². The Morgan fingerprint density at radius 2 is 2.09 bits per heavy atom. The molecule has 0 aliphatic carbocycles. The van der Waals surface area contributed by atoms with Gasteiger partial charge in [-0.1, -0.05) is 0 Å². The highest BCUT2D eigenvalue weighted by atomic mass is 32.2. The number of nitrogens with one attached hydrogen (secondary N) is 3. The standard InChI is InChI=1S/C19H21N9O2S2/c1-30-15-8-13-12(7-17(15)32(29)25-5-4-18(27-20)28-21)19(23-9-22-13)26-11-2-3-16-14(6-11)24-10-31-16/h2-3,6-10,25H,4-5,20-21H2,1H3,(H,27,28)(H,22,23,26). The lowest BCUT2D eigenvalue weighted by molar-refractivity contribution is 0.404. The number of benzene rings is 2. The van der Waals surface area contributed by atoms with Gasteiger partial charge in [0.2, 0.25) is 0 Å². The maximum absolute atomic E-state index is 12.9. The van der Waals surface area contributed by atoms with E-state index in [0.717, 1.165) is 15.9 Å². The van der Waals surface area contributed by atoms with Gasteiger partial charge in [0.05, 0.1) is 33.2 Å². The first-order valence-corrected chi connectivity index (χ1v) is 11.5. The van der Waals surface area contributed by atoms with Crippen molar-refractivity contribution in [3.63, 3.8) is 0 Å². The first-order chi connectivity index (χ1) is 15.6. The van der Waals surface area contributed by atoms with E-state index >= 15 is 0 Å². The van der Waals surface area contributed by atoms with Crippen molar-refractivity contribution in [1.29, 1.82) is 0 Å². The largest absolute Gasteiger partial charge is 0.495 e. The van der Waals surface area contributed by atoms with Crippen LogP contribution in [0.25, 0.3) is 21.1 Å². The maximum Gasteiger partial charge on any atom is 0.141 e. The predicted octanol–water partition coefficient (Wildman–Crippen LogP) is 1.73. The number of nitrogens with zero attached hydrogens (tertiary/aromatic N) is 4. The number of methoxy groups -OCH3 is 1. The highest BCUT2D eigenvalue weighted by molar-refractivity contribution is 7.83. The molecule has 7 N–H and O–H groups in total. The molecule has 166 valence electrons. The van der Waals surface area contributed by atoms with Gasteiger partial charge in [0.25, 0.3) is 0 Å². The molecule has 0 aliphatic rings. The van der Waals surface area contributed by atoms with Crippen LogP contribution in [0.5, 0.6) is 5.75 Å². The van der Waals surface area contributed by atoms with Crippen molar-refractivity contribution in [2.45, 2.75) is 11.3 Å². The van der Waals surface area contributed by atoms with Crippen molar-refractivity contribution in [2.75, 3.05) is 19.0 Å². The van der Waals surface area contributed by atoms with Crippen molar-refractivity contribution in [3.8, 4) is 5.75 Å². The molecule has 0 radical (unpaired) electrons. The van der Waals surface area contributed by atoms with Crippen molar-refractivity contribution in [3.05, 3.63) is 42.2 Å². The highest BCUT2D eigenvalue weighted by Gasteiger charge is 2.16. The van der Waals surface area contributed by atoms with Crippen LogP contribution in [0.2, 0.25) is 0 Å². The van der Waals surface area contributed by atoms with E-state index < -0.39 is 11.0 Å². The van der Waals surface area contributed by atoms with Crippen molar-refractivity contribution < 1.29 is 8.95 Å². The first-order valence-electron chi connectivity index (χ1n) is 9.44. The Kier molecular flexibility index (Phi) is 6.70. The van der Waals surface area contributed by atoms with Gasteiger partial charge in [-0.05, 0) is 24.3 Å². The summed E-state index contributed by atoms with van der Waals surface area (Å²) < 4.78 is 22.4. The predicted molar refractivity (Wildman–Crippen MR) is 127 cm³/mol. The lowest BCUT2D eigenvalue weighted by Crippen LogP contribution is -2.34. The number of fused-ring (bicyclic) bond motifs is 2. The summed E-state index contributed by atoms with van der Waals surface area (Å²) in [4.78, 5) is 13.5. The molecule has 11 nitrogen and oxygen atoms in total. The second-order valence-electron chi connectivity index (χ2n) is 6.54. The molecule has 2 aromatic heterocycles. The number of thiazole rings is 1. The van der Waals surface area contributed by atoms with Gasteiger partial charge in [-0.3, -0.25) is 0 Å². The molecular formula is C19H21N9O2S2. The van der Waals surface area contributed by atoms with Crippen LogP contribution in [0.3, 0.4) is 0 Å². The molecule has 0 spiro atoms. The summed E-state index contributed by atoms with van der Waals surface area (Å²) in [5.41, 5.74) is 6.58. The van der Waals surface area contributed by atoms with Gasteiger partial charge in [0.15, 0.2) is 0 Å². The van der Waals surface area contributed by atoms with Crippen LogP contribution in [0, 0.1) is 0 Å². The van der Waals surface area contributed by atoms with Crippen molar-refractivity contribution in [1.82, 2.24) is 25.1 Å². The Hall–Kier alpha value is -3.39. The van der Waals surface area contributed by atoms with Gasteiger partial charge in [-0.2, -0.15) is 5.10 Å². The van der Waals surface area contributed by atoms with Crippen molar-refractivity contribution >= 4 is 60.8 Å². The Balaban J connectivity index is 1.64. The number of hydrazine groups is 1. The first kappa shape index (κ1) is 21.8. The molecule has 2 aromatic carbocycles. The molecule has 0 fully saturated rings. The van der Waals surface area contributed by atoms with Crippen LogP contribution in [0.15, 0.2) is 52.2 Å². The molecule has 0 amide bonds. The number of ether oxygens (including phenoxy) is 1. The summed E-state index contributed by atoms with van der Waals surface area (Å²) in [6.45, 7) is 0.331. The Bertz CT molecular complexity index is 1310. The summed E-state index contributed by atoms with van der Waals surface area (Å²) in [6.07, 6.45) is 1.84. The normalized spacial score (nSPS) is 12.8.